The third-order valence-corrected chi connectivity index (χ3v) is 3.67. The molecular formula is C14H20ClNO3. The highest BCUT2D eigenvalue weighted by atomic mass is 35.5. The summed E-state index contributed by atoms with van der Waals surface area (Å²) < 4.78 is 10.5. The molecular weight excluding hydrogens is 266 g/mol. The molecule has 0 bridgehead atoms. The van der Waals surface area contributed by atoms with Crippen LogP contribution in [0, 0.1) is 0 Å². The van der Waals surface area contributed by atoms with Crippen molar-refractivity contribution < 1.29 is 14.6 Å². The number of hydrogen-bond acceptors (Lipinski definition) is 4. The molecule has 1 aromatic carbocycles. The predicted octanol–water partition coefficient (Wildman–Crippen LogP) is 1.98. The molecule has 0 radical (unpaired) electrons. The SMILES string of the molecule is COc1ccc(Cl)cc1CNCC1(O)CCOCC1. The number of halogens is 1. The number of rotatable bonds is 5. The van der Waals surface area contributed by atoms with Crippen LogP contribution < -0.4 is 10.1 Å². The number of hydrogen-bond donors (Lipinski definition) is 2. The maximum absolute atomic E-state index is 10.3. The van der Waals surface area contributed by atoms with E-state index in [2.05, 4.69) is 5.32 Å². The Bertz CT molecular complexity index is 419. The van der Waals surface area contributed by atoms with E-state index in [9.17, 15) is 5.11 Å². The lowest BCUT2D eigenvalue weighted by atomic mass is 9.94. The second kappa shape index (κ2) is 6.57. The zero-order valence-corrected chi connectivity index (χ0v) is 11.9. The van der Waals surface area contributed by atoms with Crippen LogP contribution in [0.25, 0.3) is 0 Å². The molecule has 0 amide bonds. The van der Waals surface area contributed by atoms with Gasteiger partial charge in [0.15, 0.2) is 0 Å². The highest BCUT2D eigenvalue weighted by Gasteiger charge is 2.29. The average Bonchev–Trinajstić information content (AvgIpc) is 2.40. The van der Waals surface area contributed by atoms with E-state index in [0.717, 1.165) is 11.3 Å². The highest BCUT2D eigenvalue weighted by molar-refractivity contribution is 6.30. The van der Waals surface area contributed by atoms with Gasteiger partial charge >= 0.3 is 0 Å². The van der Waals surface area contributed by atoms with E-state index in [0.29, 0.717) is 44.2 Å². The fraction of sp³-hybridized carbons (Fsp3) is 0.571. The van der Waals surface area contributed by atoms with Crippen LogP contribution in [-0.2, 0) is 11.3 Å². The van der Waals surface area contributed by atoms with Gasteiger partial charge in [0, 0.05) is 49.7 Å². The van der Waals surface area contributed by atoms with Crippen LogP contribution >= 0.6 is 11.6 Å². The van der Waals surface area contributed by atoms with Crippen molar-refractivity contribution in [3.63, 3.8) is 0 Å². The second-order valence-corrected chi connectivity index (χ2v) is 5.33. The van der Waals surface area contributed by atoms with Gasteiger partial charge in [-0.25, -0.2) is 0 Å². The molecule has 1 heterocycles. The molecule has 1 fully saturated rings. The summed E-state index contributed by atoms with van der Waals surface area (Å²) in [6.07, 6.45) is 1.35. The second-order valence-electron chi connectivity index (χ2n) is 4.90. The number of methoxy groups -OCH3 is 1. The molecule has 0 aliphatic carbocycles. The van der Waals surface area contributed by atoms with Crippen molar-refractivity contribution in [1.82, 2.24) is 5.32 Å². The molecule has 0 spiro atoms. The van der Waals surface area contributed by atoms with E-state index >= 15 is 0 Å². The third-order valence-electron chi connectivity index (χ3n) is 3.44. The van der Waals surface area contributed by atoms with Crippen LogP contribution in [0.2, 0.25) is 5.02 Å². The largest absolute Gasteiger partial charge is 0.496 e. The maximum Gasteiger partial charge on any atom is 0.123 e. The molecule has 1 saturated heterocycles. The van der Waals surface area contributed by atoms with Crippen molar-refractivity contribution in [2.45, 2.75) is 25.0 Å². The number of ether oxygens (including phenoxy) is 2. The van der Waals surface area contributed by atoms with Gasteiger partial charge in [0.05, 0.1) is 12.7 Å². The quantitative estimate of drug-likeness (QED) is 0.869. The molecule has 1 aliphatic rings. The Balaban J connectivity index is 1.90. The summed E-state index contributed by atoms with van der Waals surface area (Å²) in [4.78, 5) is 0. The molecule has 19 heavy (non-hydrogen) atoms. The van der Waals surface area contributed by atoms with Gasteiger partial charge in [0.25, 0.3) is 0 Å². The minimum Gasteiger partial charge on any atom is -0.496 e. The Kier molecular flexibility index (Phi) is 5.05. The van der Waals surface area contributed by atoms with E-state index in [4.69, 9.17) is 21.1 Å². The van der Waals surface area contributed by atoms with Crippen molar-refractivity contribution in [2.75, 3.05) is 26.9 Å². The zero-order chi connectivity index (χ0) is 13.7. The third kappa shape index (κ3) is 4.08. The summed E-state index contributed by atoms with van der Waals surface area (Å²) in [5.41, 5.74) is 0.329. The number of benzene rings is 1. The predicted molar refractivity (Wildman–Crippen MR) is 74.7 cm³/mol. The Morgan fingerprint density at radius 1 is 1.42 bits per heavy atom. The van der Waals surface area contributed by atoms with Crippen LogP contribution in [0.1, 0.15) is 18.4 Å². The lowest BCUT2D eigenvalue weighted by molar-refractivity contribution is -0.0617. The first-order chi connectivity index (χ1) is 9.13. The molecule has 1 aromatic rings. The zero-order valence-electron chi connectivity index (χ0n) is 11.1. The smallest absolute Gasteiger partial charge is 0.123 e. The molecule has 0 atom stereocenters. The number of aliphatic hydroxyl groups is 1. The van der Waals surface area contributed by atoms with E-state index in [1.54, 1.807) is 13.2 Å². The van der Waals surface area contributed by atoms with Crippen LogP contribution in [0.3, 0.4) is 0 Å². The van der Waals surface area contributed by atoms with Gasteiger partial charge in [0.1, 0.15) is 5.75 Å². The minimum absolute atomic E-state index is 0.548. The van der Waals surface area contributed by atoms with Crippen LogP contribution in [0.15, 0.2) is 18.2 Å². The van der Waals surface area contributed by atoms with Gasteiger partial charge in [-0.05, 0) is 18.2 Å². The van der Waals surface area contributed by atoms with Gasteiger partial charge in [-0.1, -0.05) is 11.6 Å². The van der Waals surface area contributed by atoms with Crippen molar-refractivity contribution in [1.29, 1.82) is 0 Å². The fourth-order valence-electron chi connectivity index (χ4n) is 2.24. The topological polar surface area (TPSA) is 50.7 Å². The monoisotopic (exact) mass is 285 g/mol. The highest BCUT2D eigenvalue weighted by Crippen LogP contribution is 2.23. The Labute approximate surface area is 118 Å². The van der Waals surface area contributed by atoms with Gasteiger partial charge < -0.3 is 19.9 Å². The molecule has 4 nitrogen and oxygen atoms in total. The van der Waals surface area contributed by atoms with Crippen molar-refractivity contribution in [2.24, 2.45) is 0 Å². The average molecular weight is 286 g/mol. The fourth-order valence-corrected chi connectivity index (χ4v) is 2.44. The standard InChI is InChI=1S/C14H20ClNO3/c1-18-13-3-2-12(15)8-11(13)9-16-10-14(17)4-6-19-7-5-14/h2-3,8,16-17H,4-7,9-10H2,1H3. The maximum atomic E-state index is 10.3. The van der Waals surface area contributed by atoms with E-state index in [-0.39, 0.29) is 0 Å². The summed E-state index contributed by atoms with van der Waals surface area (Å²) in [6, 6.07) is 5.53. The van der Waals surface area contributed by atoms with Gasteiger partial charge in [-0.15, -0.1) is 0 Å². The lowest BCUT2D eigenvalue weighted by Crippen LogP contribution is -2.44. The van der Waals surface area contributed by atoms with Crippen molar-refractivity contribution in [3.8, 4) is 5.75 Å². The van der Waals surface area contributed by atoms with Crippen molar-refractivity contribution >= 4 is 11.6 Å². The molecule has 5 heteroatoms. The molecule has 106 valence electrons. The van der Waals surface area contributed by atoms with Crippen LogP contribution in [0.5, 0.6) is 5.75 Å². The molecule has 0 aromatic heterocycles. The molecule has 2 rings (SSSR count). The van der Waals surface area contributed by atoms with E-state index in [1.165, 1.54) is 0 Å². The normalized spacial score (nSPS) is 18.3. The first-order valence-corrected chi connectivity index (χ1v) is 6.84. The Hall–Kier alpha value is -0.810. The van der Waals surface area contributed by atoms with Gasteiger partial charge in [-0.3, -0.25) is 0 Å². The summed E-state index contributed by atoms with van der Waals surface area (Å²) in [5, 5.41) is 14.3. The first-order valence-electron chi connectivity index (χ1n) is 6.46. The summed E-state index contributed by atoms with van der Waals surface area (Å²) >= 11 is 5.98. The van der Waals surface area contributed by atoms with Gasteiger partial charge in [0.2, 0.25) is 0 Å². The van der Waals surface area contributed by atoms with Gasteiger partial charge in [-0.2, -0.15) is 0 Å². The summed E-state index contributed by atoms with van der Waals surface area (Å²) in [6.45, 7) is 2.41. The van der Waals surface area contributed by atoms with Crippen molar-refractivity contribution in [3.05, 3.63) is 28.8 Å². The van der Waals surface area contributed by atoms with Crippen LogP contribution in [0.4, 0.5) is 0 Å². The first kappa shape index (κ1) is 14.6. The molecule has 1 aliphatic heterocycles. The summed E-state index contributed by atoms with van der Waals surface area (Å²) in [5.74, 6) is 0.802. The summed E-state index contributed by atoms with van der Waals surface area (Å²) in [7, 11) is 1.64. The Morgan fingerprint density at radius 2 is 2.16 bits per heavy atom. The van der Waals surface area contributed by atoms with E-state index < -0.39 is 5.60 Å². The lowest BCUT2D eigenvalue weighted by Gasteiger charge is -2.32. The molecule has 0 unspecified atom stereocenters. The number of nitrogens with one attached hydrogen (secondary N) is 1. The molecule has 2 N–H and O–H groups in total. The molecule has 0 saturated carbocycles. The van der Waals surface area contributed by atoms with Crippen LogP contribution in [-0.4, -0.2) is 37.6 Å². The van der Waals surface area contributed by atoms with E-state index in [1.807, 2.05) is 12.1 Å². The Morgan fingerprint density at radius 3 is 2.84 bits per heavy atom. The minimum atomic E-state index is -0.663.